The summed E-state index contributed by atoms with van der Waals surface area (Å²) in [5.74, 6) is 0.662. The Hall–Kier alpha value is -7.88. The zero-order chi connectivity index (χ0) is 49.5. The molecule has 0 aliphatic heterocycles. The van der Waals surface area contributed by atoms with Crippen molar-refractivity contribution in [2.24, 2.45) is 5.73 Å². The Morgan fingerprint density at radius 1 is 0.652 bits per heavy atom. The van der Waals surface area contributed by atoms with Crippen LogP contribution in [0.3, 0.4) is 0 Å². The third kappa shape index (κ3) is 14.8. The second-order valence-corrected chi connectivity index (χ2v) is 16.2. The minimum Gasteiger partial charge on any atom is -0.478 e. The molecular formula is C48H52F2N12O7. The molecule has 4 N–H and O–H groups in total. The topological polar surface area (TPSA) is 255 Å². The number of halogens is 2. The van der Waals surface area contributed by atoms with E-state index in [9.17, 15) is 18.4 Å². The van der Waals surface area contributed by atoms with Crippen LogP contribution in [0.25, 0.3) is 45.7 Å². The fourth-order valence-corrected chi connectivity index (χ4v) is 6.48. The molecule has 1 amide bonds. The van der Waals surface area contributed by atoms with Gasteiger partial charge in [0.15, 0.2) is 0 Å². The smallest absolute Gasteiger partial charge is 0.337 e. The lowest BCUT2D eigenvalue weighted by Gasteiger charge is -2.18. The molecular weight excluding hydrogens is 895 g/mol. The van der Waals surface area contributed by atoms with Gasteiger partial charge in [0.05, 0.1) is 22.5 Å². The maximum atomic E-state index is 13.2. The molecule has 19 nitrogen and oxygen atoms in total. The summed E-state index contributed by atoms with van der Waals surface area (Å²) >= 11 is 0. The normalized spacial score (nSPS) is 11.9. The number of pyridine rings is 2. The second-order valence-electron chi connectivity index (χ2n) is 16.2. The summed E-state index contributed by atoms with van der Waals surface area (Å²) in [6, 6.07) is 15.2. The first-order valence-electron chi connectivity index (χ1n) is 21.6. The van der Waals surface area contributed by atoms with Crippen LogP contribution in [-0.4, -0.2) is 121 Å². The molecule has 6 heterocycles. The van der Waals surface area contributed by atoms with Crippen molar-refractivity contribution in [2.45, 2.75) is 38.5 Å². The van der Waals surface area contributed by atoms with Gasteiger partial charge in [-0.2, -0.15) is 9.97 Å². The summed E-state index contributed by atoms with van der Waals surface area (Å²) in [5.41, 5.74) is 10.4. The molecule has 360 valence electrons. The number of nitrogens with zero attached hydrogens (tertiary/aromatic N) is 10. The fourth-order valence-electron chi connectivity index (χ4n) is 6.48. The van der Waals surface area contributed by atoms with E-state index in [0.29, 0.717) is 70.6 Å². The molecule has 8 rings (SSSR count). The van der Waals surface area contributed by atoms with Crippen molar-refractivity contribution in [3.05, 3.63) is 144 Å². The van der Waals surface area contributed by atoms with Crippen molar-refractivity contribution in [3.8, 4) is 45.7 Å². The highest BCUT2D eigenvalue weighted by atomic mass is 19.1. The molecule has 0 aliphatic rings. The van der Waals surface area contributed by atoms with E-state index in [-0.39, 0.29) is 34.9 Å². The predicted molar refractivity (Wildman–Crippen MR) is 248 cm³/mol. The van der Waals surface area contributed by atoms with Gasteiger partial charge in [-0.1, -0.05) is 10.3 Å². The van der Waals surface area contributed by atoms with Crippen molar-refractivity contribution in [1.82, 2.24) is 55.3 Å². The third-order valence-corrected chi connectivity index (χ3v) is 10.3. The van der Waals surface area contributed by atoms with Crippen molar-refractivity contribution >= 4 is 11.9 Å². The molecule has 0 fully saturated rings. The third-order valence-electron chi connectivity index (χ3n) is 10.3. The van der Waals surface area contributed by atoms with E-state index in [0.717, 1.165) is 42.9 Å². The Labute approximate surface area is 395 Å². The molecule has 0 saturated carbocycles. The lowest BCUT2D eigenvalue weighted by atomic mass is 10.0. The van der Waals surface area contributed by atoms with Gasteiger partial charge in [0.25, 0.3) is 5.91 Å². The molecule has 2 atom stereocenters. The zero-order valence-electron chi connectivity index (χ0n) is 38.8. The quantitative estimate of drug-likeness (QED) is 0.0808. The molecule has 8 aromatic rings. The van der Waals surface area contributed by atoms with Crippen LogP contribution >= 0.6 is 0 Å². The van der Waals surface area contributed by atoms with Gasteiger partial charge in [0.1, 0.15) is 24.2 Å². The van der Waals surface area contributed by atoms with Gasteiger partial charge in [-0.25, -0.2) is 23.5 Å². The molecule has 2 unspecified atom stereocenters. The molecule has 69 heavy (non-hydrogen) atoms. The number of hydrogen-bond donors (Lipinski definition) is 3. The Morgan fingerprint density at radius 3 is 1.54 bits per heavy atom. The lowest BCUT2D eigenvalue weighted by molar-refractivity contribution is 0.0696. The number of hydrogen-bond acceptors (Lipinski definition) is 17. The van der Waals surface area contributed by atoms with Crippen molar-refractivity contribution < 1.29 is 41.4 Å². The average molecular weight is 947 g/mol. The van der Waals surface area contributed by atoms with Gasteiger partial charge in [-0.05, 0) is 115 Å². The molecule has 6 aromatic heterocycles. The zero-order valence-corrected chi connectivity index (χ0v) is 38.8. The number of benzene rings is 2. The number of aromatic nitrogens is 8. The van der Waals surface area contributed by atoms with Gasteiger partial charge in [0.2, 0.25) is 35.2 Å². The van der Waals surface area contributed by atoms with Crippen LogP contribution in [0.1, 0.15) is 68.6 Å². The number of carboxylic acids is 1. The van der Waals surface area contributed by atoms with Gasteiger partial charge in [-0.3, -0.25) is 14.8 Å². The van der Waals surface area contributed by atoms with E-state index >= 15 is 0 Å². The van der Waals surface area contributed by atoms with Gasteiger partial charge in [0, 0.05) is 85.8 Å². The maximum Gasteiger partial charge on any atom is 0.337 e. The maximum absolute atomic E-state index is 13.2. The molecule has 0 spiro atoms. The lowest BCUT2D eigenvalue weighted by Crippen LogP contribution is -2.30. The molecule has 0 bridgehead atoms. The SMILES string of the molecule is CN(C)CCC(CN)c1coc(-c2ccc(F)cc2)n1.Cc1nc(-c2cncc(C(=O)NCC(CCN(C)C)c3coc(-c4ccc(F)cc4)n3)c2)no1.Cc1nc(-c2cncc(C(=O)O)c2)no1. The first-order valence-corrected chi connectivity index (χ1v) is 21.6. The Morgan fingerprint density at radius 2 is 1.10 bits per heavy atom. The summed E-state index contributed by atoms with van der Waals surface area (Å²) in [6.07, 6.45) is 10.7. The van der Waals surface area contributed by atoms with Crippen molar-refractivity contribution in [2.75, 3.05) is 54.4 Å². The molecule has 21 heteroatoms. The highest BCUT2D eigenvalue weighted by Crippen LogP contribution is 2.26. The second kappa shape index (κ2) is 24.2. The van der Waals surface area contributed by atoms with Crippen LogP contribution < -0.4 is 11.1 Å². The van der Waals surface area contributed by atoms with E-state index in [1.807, 2.05) is 28.2 Å². The van der Waals surface area contributed by atoms with Crippen molar-refractivity contribution in [1.29, 1.82) is 0 Å². The van der Waals surface area contributed by atoms with Gasteiger partial charge >= 0.3 is 5.97 Å². The number of nitrogens with two attached hydrogens (primary N) is 1. The Bertz CT molecular complexity index is 2880. The minimum atomic E-state index is -1.04. The summed E-state index contributed by atoms with van der Waals surface area (Å²) in [5, 5.41) is 19.3. The Kier molecular flexibility index (Phi) is 17.7. The molecule has 0 radical (unpaired) electrons. The van der Waals surface area contributed by atoms with Crippen LogP contribution in [0, 0.1) is 25.5 Å². The fraction of sp³-hybridized carbons (Fsp3) is 0.292. The van der Waals surface area contributed by atoms with Crippen LogP contribution in [0.5, 0.6) is 0 Å². The first-order chi connectivity index (χ1) is 33.1. The summed E-state index contributed by atoms with van der Waals surface area (Å²) in [7, 11) is 8.03. The van der Waals surface area contributed by atoms with E-state index in [1.165, 1.54) is 48.9 Å². The van der Waals surface area contributed by atoms with Gasteiger partial charge in [-0.15, -0.1) is 0 Å². The summed E-state index contributed by atoms with van der Waals surface area (Å²) in [6.45, 7) is 5.98. The van der Waals surface area contributed by atoms with E-state index in [2.05, 4.69) is 55.3 Å². The number of carboxylic acid groups (broad SMARTS) is 1. The minimum absolute atomic E-state index is 0.0831. The highest BCUT2D eigenvalue weighted by molar-refractivity contribution is 5.94. The summed E-state index contributed by atoms with van der Waals surface area (Å²) in [4.78, 5) is 52.9. The number of carbonyl (C=O) groups is 2. The largest absolute Gasteiger partial charge is 0.478 e. The molecule has 2 aromatic carbocycles. The highest BCUT2D eigenvalue weighted by Gasteiger charge is 2.21. The molecule has 0 aliphatic carbocycles. The number of aryl methyl sites for hydroxylation is 2. The van der Waals surface area contributed by atoms with Crippen molar-refractivity contribution in [3.63, 3.8) is 0 Å². The number of aromatic carboxylic acids is 1. The monoisotopic (exact) mass is 946 g/mol. The number of rotatable bonds is 17. The van der Waals surface area contributed by atoms with Crippen LogP contribution in [0.2, 0.25) is 0 Å². The first kappa shape index (κ1) is 50.5. The number of nitrogens with one attached hydrogen (secondary N) is 1. The van der Waals surface area contributed by atoms with Crippen LogP contribution in [0.4, 0.5) is 8.78 Å². The summed E-state index contributed by atoms with van der Waals surface area (Å²) < 4.78 is 47.0. The Balaban J connectivity index is 0.000000188. The number of amides is 1. The van der Waals surface area contributed by atoms with Gasteiger partial charge < -0.3 is 43.8 Å². The average Bonchev–Trinajstić information content (AvgIpc) is 4.20. The number of oxazole rings is 2. The van der Waals surface area contributed by atoms with E-state index in [4.69, 9.17) is 28.7 Å². The van der Waals surface area contributed by atoms with E-state index < -0.39 is 5.97 Å². The predicted octanol–water partition coefficient (Wildman–Crippen LogP) is 7.31. The number of carbonyl (C=O) groups excluding carboxylic acids is 1. The van der Waals surface area contributed by atoms with Crippen LogP contribution in [-0.2, 0) is 0 Å². The van der Waals surface area contributed by atoms with E-state index in [1.54, 1.807) is 62.9 Å². The van der Waals surface area contributed by atoms with Crippen LogP contribution in [0.15, 0.2) is 116 Å². The standard InChI is InChI=1S/C24H25FN6O3.C15H20FN3O.C9H7N3O3/c1-15-28-22(30-34-15)18-10-19(12-26-11-18)23(32)27-13-17(8-9-31(2)3)21-14-33-24(29-21)16-4-6-20(25)7-5-16;1-19(2)8-7-12(9-17)14-10-20-15(18-14)11-3-5-13(16)6-4-11;1-5-11-8(12-15-5)6-2-7(9(13)14)4-10-3-6/h4-7,10-12,14,17H,8-9,13H2,1-3H3,(H,27,32);3-6,10,12H,7-9,17H2,1-2H3;2-4H,1H3,(H,13,14). The molecule has 0 saturated heterocycles.